The van der Waals surface area contributed by atoms with Crippen LogP contribution in [0, 0.1) is 0 Å². The number of benzene rings is 2. The fraction of sp³-hybridized carbons (Fsp3) is 0.345. The molecule has 1 aliphatic heterocycles. The van der Waals surface area contributed by atoms with Gasteiger partial charge in [-0.25, -0.2) is 0 Å². The molecule has 1 atom stereocenters. The van der Waals surface area contributed by atoms with Gasteiger partial charge in [0.05, 0.1) is 0 Å². The number of hydrogen-bond donors (Lipinski definition) is 0. The van der Waals surface area contributed by atoms with E-state index in [1.165, 1.54) is 35.2 Å². The van der Waals surface area contributed by atoms with E-state index in [4.69, 9.17) is 4.42 Å². The Kier molecular flexibility index (Phi) is 6.84. The summed E-state index contributed by atoms with van der Waals surface area (Å²) < 4.78 is 6.11. The van der Waals surface area contributed by atoms with Crippen molar-refractivity contribution < 1.29 is 4.42 Å². The van der Waals surface area contributed by atoms with Gasteiger partial charge in [0.1, 0.15) is 11.3 Å². The molecule has 0 bridgehead atoms. The molecule has 5 rings (SSSR count). The first-order valence-corrected chi connectivity index (χ1v) is 12.2. The van der Waals surface area contributed by atoms with Crippen LogP contribution in [0.2, 0.25) is 0 Å². The smallest absolute Gasteiger partial charge is 0.134 e. The van der Waals surface area contributed by atoms with Crippen LogP contribution in [0.15, 0.2) is 83.5 Å². The van der Waals surface area contributed by atoms with E-state index in [1.807, 2.05) is 24.5 Å². The Hall–Kier alpha value is -2.95. The van der Waals surface area contributed by atoms with Crippen molar-refractivity contribution >= 4 is 11.0 Å². The molecule has 0 saturated carbocycles. The third-order valence-corrected chi connectivity index (χ3v) is 6.84. The molecule has 0 unspecified atom stereocenters. The lowest BCUT2D eigenvalue weighted by atomic mass is 10.0. The molecule has 33 heavy (non-hydrogen) atoms. The molecule has 0 spiro atoms. The van der Waals surface area contributed by atoms with Crippen LogP contribution in [0.25, 0.3) is 22.1 Å². The van der Waals surface area contributed by atoms with E-state index < -0.39 is 0 Å². The maximum atomic E-state index is 6.11. The molecule has 2 aromatic carbocycles. The Morgan fingerprint density at radius 1 is 0.848 bits per heavy atom. The van der Waals surface area contributed by atoms with Gasteiger partial charge in [-0.1, -0.05) is 43.3 Å². The lowest BCUT2D eigenvalue weighted by molar-refractivity contribution is 0.127. The standard InChI is InChI=1S/C29H33N3O/c1-23(24-6-3-2-4-7-24)22-32-18-16-31(17-19-32)15-5-8-28-21-27-20-26(9-10-29(27)33-28)25-11-13-30-14-12-25/h2-4,6-7,9-14,20-21,23H,5,8,15-19,22H2,1H3/t23-/m0/s1. The first-order valence-electron chi connectivity index (χ1n) is 12.2. The zero-order valence-corrected chi connectivity index (χ0v) is 19.5. The number of piperazine rings is 1. The van der Waals surface area contributed by atoms with Crippen LogP contribution in [0.3, 0.4) is 0 Å². The number of fused-ring (bicyclic) bond motifs is 1. The summed E-state index contributed by atoms with van der Waals surface area (Å²) in [7, 11) is 0. The minimum absolute atomic E-state index is 0.588. The Morgan fingerprint density at radius 2 is 1.61 bits per heavy atom. The van der Waals surface area contributed by atoms with Gasteiger partial charge >= 0.3 is 0 Å². The molecule has 3 heterocycles. The number of hydrogen-bond acceptors (Lipinski definition) is 4. The second-order valence-corrected chi connectivity index (χ2v) is 9.26. The van der Waals surface area contributed by atoms with Gasteiger partial charge in [0, 0.05) is 56.9 Å². The van der Waals surface area contributed by atoms with Crippen molar-refractivity contribution in [3.05, 3.63) is 90.4 Å². The third kappa shape index (κ3) is 5.52. The van der Waals surface area contributed by atoms with Crippen molar-refractivity contribution in [3.63, 3.8) is 0 Å². The van der Waals surface area contributed by atoms with E-state index in [1.54, 1.807) is 0 Å². The zero-order chi connectivity index (χ0) is 22.5. The molecule has 1 aliphatic rings. The predicted molar refractivity (Wildman–Crippen MR) is 136 cm³/mol. The summed E-state index contributed by atoms with van der Waals surface area (Å²) in [6.45, 7) is 9.29. The second-order valence-electron chi connectivity index (χ2n) is 9.26. The molecule has 170 valence electrons. The van der Waals surface area contributed by atoms with E-state index in [2.05, 4.69) is 76.3 Å². The van der Waals surface area contributed by atoms with Crippen LogP contribution >= 0.6 is 0 Å². The molecule has 4 nitrogen and oxygen atoms in total. The highest BCUT2D eigenvalue weighted by molar-refractivity contribution is 5.84. The first kappa shape index (κ1) is 21.9. The molecular formula is C29H33N3O. The van der Waals surface area contributed by atoms with Crippen molar-refractivity contribution in [2.75, 3.05) is 39.3 Å². The zero-order valence-electron chi connectivity index (χ0n) is 19.5. The highest BCUT2D eigenvalue weighted by Gasteiger charge is 2.19. The van der Waals surface area contributed by atoms with Crippen LogP contribution in [0.1, 0.15) is 30.6 Å². The number of furan rings is 1. The fourth-order valence-corrected chi connectivity index (χ4v) is 4.89. The molecule has 0 radical (unpaired) electrons. The van der Waals surface area contributed by atoms with E-state index >= 15 is 0 Å². The highest BCUT2D eigenvalue weighted by atomic mass is 16.3. The second kappa shape index (κ2) is 10.3. The van der Waals surface area contributed by atoms with E-state index in [0.717, 1.165) is 50.4 Å². The third-order valence-electron chi connectivity index (χ3n) is 6.84. The first-order chi connectivity index (χ1) is 16.2. The largest absolute Gasteiger partial charge is 0.461 e. The molecular weight excluding hydrogens is 406 g/mol. The van der Waals surface area contributed by atoms with Gasteiger partial charge in [0.2, 0.25) is 0 Å². The Labute approximate surface area is 196 Å². The molecule has 4 heteroatoms. The average molecular weight is 440 g/mol. The van der Waals surface area contributed by atoms with Gasteiger partial charge in [0.25, 0.3) is 0 Å². The Balaban J connectivity index is 1.08. The minimum Gasteiger partial charge on any atom is -0.461 e. The summed E-state index contributed by atoms with van der Waals surface area (Å²) >= 11 is 0. The Bertz CT molecular complexity index is 1150. The molecule has 4 aromatic rings. The molecule has 1 fully saturated rings. The number of nitrogens with zero attached hydrogens (tertiary/aromatic N) is 3. The van der Waals surface area contributed by atoms with Gasteiger partial charge in [-0.05, 0) is 65.9 Å². The summed E-state index contributed by atoms with van der Waals surface area (Å²) in [5.74, 6) is 1.68. The van der Waals surface area contributed by atoms with Crippen LogP contribution in [-0.4, -0.2) is 54.1 Å². The van der Waals surface area contributed by atoms with Crippen molar-refractivity contribution in [2.45, 2.75) is 25.7 Å². The van der Waals surface area contributed by atoms with Gasteiger partial charge < -0.3 is 14.2 Å². The molecule has 0 aliphatic carbocycles. The monoisotopic (exact) mass is 439 g/mol. The quantitative estimate of drug-likeness (QED) is 0.345. The Morgan fingerprint density at radius 3 is 2.39 bits per heavy atom. The number of aryl methyl sites for hydroxylation is 1. The van der Waals surface area contributed by atoms with Crippen LogP contribution < -0.4 is 0 Å². The van der Waals surface area contributed by atoms with E-state index in [9.17, 15) is 0 Å². The topological polar surface area (TPSA) is 32.5 Å². The number of pyridine rings is 1. The predicted octanol–water partition coefficient (Wildman–Crippen LogP) is 5.85. The summed E-state index contributed by atoms with van der Waals surface area (Å²) in [4.78, 5) is 9.34. The van der Waals surface area contributed by atoms with Crippen molar-refractivity contribution in [1.29, 1.82) is 0 Å². The summed E-state index contributed by atoms with van der Waals surface area (Å²) in [6, 6.07) is 23.6. The van der Waals surface area contributed by atoms with Gasteiger partial charge in [-0.2, -0.15) is 0 Å². The van der Waals surface area contributed by atoms with E-state index in [0.29, 0.717) is 5.92 Å². The van der Waals surface area contributed by atoms with Gasteiger partial charge in [-0.15, -0.1) is 0 Å². The van der Waals surface area contributed by atoms with Crippen molar-refractivity contribution in [2.24, 2.45) is 0 Å². The fourth-order valence-electron chi connectivity index (χ4n) is 4.89. The minimum atomic E-state index is 0.588. The van der Waals surface area contributed by atoms with E-state index in [-0.39, 0.29) is 0 Å². The lowest BCUT2D eigenvalue weighted by Crippen LogP contribution is -2.47. The normalized spacial score (nSPS) is 16.3. The molecule has 1 saturated heterocycles. The maximum Gasteiger partial charge on any atom is 0.134 e. The molecule has 0 N–H and O–H groups in total. The molecule has 0 amide bonds. The maximum absolute atomic E-state index is 6.11. The van der Waals surface area contributed by atoms with Crippen molar-refractivity contribution in [3.8, 4) is 11.1 Å². The molecule has 2 aromatic heterocycles. The van der Waals surface area contributed by atoms with Crippen molar-refractivity contribution in [1.82, 2.24) is 14.8 Å². The lowest BCUT2D eigenvalue weighted by Gasteiger charge is -2.36. The van der Waals surface area contributed by atoms with Crippen LogP contribution in [0.5, 0.6) is 0 Å². The van der Waals surface area contributed by atoms with Gasteiger partial charge in [0.15, 0.2) is 0 Å². The summed E-state index contributed by atoms with van der Waals surface area (Å²) in [6.07, 6.45) is 5.80. The number of aromatic nitrogens is 1. The van der Waals surface area contributed by atoms with Crippen LogP contribution in [-0.2, 0) is 6.42 Å². The number of rotatable bonds is 8. The highest BCUT2D eigenvalue weighted by Crippen LogP contribution is 2.27. The average Bonchev–Trinajstić information content (AvgIpc) is 3.28. The summed E-state index contributed by atoms with van der Waals surface area (Å²) in [5.41, 5.74) is 4.81. The van der Waals surface area contributed by atoms with Gasteiger partial charge in [-0.3, -0.25) is 4.98 Å². The van der Waals surface area contributed by atoms with Crippen LogP contribution in [0.4, 0.5) is 0 Å². The summed E-state index contributed by atoms with van der Waals surface area (Å²) in [5, 5.41) is 1.18. The SMILES string of the molecule is C[C@@H](CN1CCN(CCCc2cc3cc(-c4ccncc4)ccc3o2)CC1)c1ccccc1.